The van der Waals surface area contributed by atoms with E-state index in [1.54, 1.807) is 0 Å². The van der Waals surface area contributed by atoms with Gasteiger partial charge in [0.2, 0.25) is 0 Å². The normalized spacial score (nSPS) is 13.1. The van der Waals surface area contributed by atoms with Gasteiger partial charge in [-0.3, -0.25) is 0 Å². The summed E-state index contributed by atoms with van der Waals surface area (Å²) < 4.78 is 19.8. The molecular formula is C30H47FN2O. The Hall–Kier alpha value is -1.97. The summed E-state index contributed by atoms with van der Waals surface area (Å²) in [6.07, 6.45) is 19.2. The standard InChI is InChI=1S/C30H47FN2O/c1-4-6-7-8-9-10-11-12-15-26-23-32-30(33-24-26)27-17-19-29(20-18-27)34-22-21-28(31)16-13-14-25(3)5-2/h17-20,23-25,28H,4-16,21-22H2,1-3H3. The lowest BCUT2D eigenvalue weighted by molar-refractivity contribution is 0.220. The number of hydrogen-bond donors (Lipinski definition) is 0. The average molecular weight is 471 g/mol. The van der Waals surface area contributed by atoms with Gasteiger partial charge in [0, 0.05) is 24.4 Å². The van der Waals surface area contributed by atoms with Crippen molar-refractivity contribution in [2.45, 2.75) is 117 Å². The second kappa shape index (κ2) is 17.5. The largest absolute Gasteiger partial charge is 0.493 e. The number of nitrogens with zero attached hydrogens (tertiary/aromatic N) is 2. The van der Waals surface area contributed by atoms with Crippen molar-refractivity contribution < 1.29 is 9.13 Å². The van der Waals surface area contributed by atoms with Gasteiger partial charge in [-0.25, -0.2) is 14.4 Å². The van der Waals surface area contributed by atoms with Crippen molar-refractivity contribution in [1.82, 2.24) is 9.97 Å². The van der Waals surface area contributed by atoms with Gasteiger partial charge >= 0.3 is 0 Å². The molecule has 0 saturated heterocycles. The van der Waals surface area contributed by atoms with Gasteiger partial charge in [0.15, 0.2) is 5.82 Å². The Morgan fingerprint density at radius 2 is 1.44 bits per heavy atom. The maximum Gasteiger partial charge on any atom is 0.159 e. The third kappa shape index (κ3) is 11.9. The van der Waals surface area contributed by atoms with Gasteiger partial charge in [0.1, 0.15) is 11.9 Å². The Bertz CT molecular complexity index is 747. The molecule has 2 rings (SSSR count). The van der Waals surface area contributed by atoms with Crippen LogP contribution >= 0.6 is 0 Å². The molecule has 0 saturated carbocycles. The van der Waals surface area contributed by atoms with Crippen molar-refractivity contribution in [2.75, 3.05) is 6.61 Å². The fourth-order valence-electron chi connectivity index (χ4n) is 4.14. The molecular weight excluding hydrogens is 423 g/mol. The van der Waals surface area contributed by atoms with E-state index in [1.807, 2.05) is 36.7 Å². The van der Waals surface area contributed by atoms with Crippen LogP contribution in [0, 0.1) is 5.92 Å². The summed E-state index contributed by atoms with van der Waals surface area (Å²) in [4.78, 5) is 9.12. The third-order valence-corrected chi connectivity index (χ3v) is 6.75. The van der Waals surface area contributed by atoms with Crippen molar-refractivity contribution in [1.29, 1.82) is 0 Å². The SMILES string of the molecule is CCCCCCCCCCc1cnc(-c2ccc(OCCC(F)CCCC(C)CC)cc2)nc1. The summed E-state index contributed by atoms with van der Waals surface area (Å²) in [6, 6.07) is 7.79. The monoisotopic (exact) mass is 470 g/mol. The molecule has 0 spiro atoms. The molecule has 2 unspecified atom stereocenters. The van der Waals surface area contributed by atoms with Crippen LogP contribution in [0.1, 0.15) is 110 Å². The van der Waals surface area contributed by atoms with Gasteiger partial charge in [-0.15, -0.1) is 0 Å². The quantitative estimate of drug-likeness (QED) is 0.192. The zero-order chi connectivity index (χ0) is 24.4. The minimum Gasteiger partial charge on any atom is -0.493 e. The molecule has 0 fully saturated rings. The molecule has 0 amide bonds. The lowest BCUT2D eigenvalue weighted by atomic mass is 10.00. The second-order valence-corrected chi connectivity index (χ2v) is 9.84. The number of aryl methyl sites for hydroxylation is 1. The fraction of sp³-hybridized carbons (Fsp3) is 0.667. The minimum atomic E-state index is -0.777. The van der Waals surface area contributed by atoms with Crippen LogP contribution in [-0.4, -0.2) is 22.7 Å². The topological polar surface area (TPSA) is 35.0 Å². The highest BCUT2D eigenvalue weighted by Crippen LogP contribution is 2.21. The van der Waals surface area contributed by atoms with Crippen LogP contribution in [0.25, 0.3) is 11.4 Å². The lowest BCUT2D eigenvalue weighted by Gasteiger charge is -2.12. The third-order valence-electron chi connectivity index (χ3n) is 6.75. The number of ether oxygens (including phenoxy) is 1. The van der Waals surface area contributed by atoms with E-state index < -0.39 is 6.17 Å². The van der Waals surface area contributed by atoms with E-state index in [-0.39, 0.29) is 0 Å². The smallest absolute Gasteiger partial charge is 0.159 e. The van der Waals surface area contributed by atoms with E-state index in [0.29, 0.717) is 25.4 Å². The first kappa shape index (κ1) is 28.3. The Morgan fingerprint density at radius 1 is 0.794 bits per heavy atom. The van der Waals surface area contributed by atoms with E-state index in [4.69, 9.17) is 4.74 Å². The molecule has 0 aliphatic carbocycles. The van der Waals surface area contributed by atoms with E-state index in [2.05, 4.69) is 30.7 Å². The summed E-state index contributed by atoms with van der Waals surface area (Å²) in [6.45, 7) is 7.10. The Balaban J connectivity index is 1.64. The molecule has 34 heavy (non-hydrogen) atoms. The summed E-state index contributed by atoms with van der Waals surface area (Å²) in [5, 5.41) is 0. The van der Waals surface area contributed by atoms with E-state index in [9.17, 15) is 4.39 Å². The van der Waals surface area contributed by atoms with Crippen LogP contribution in [0.4, 0.5) is 4.39 Å². The van der Waals surface area contributed by atoms with Gasteiger partial charge < -0.3 is 4.74 Å². The first-order valence-corrected chi connectivity index (χ1v) is 13.8. The average Bonchev–Trinajstić information content (AvgIpc) is 2.86. The maximum atomic E-state index is 14.1. The van der Waals surface area contributed by atoms with Crippen molar-refractivity contribution >= 4 is 0 Å². The molecule has 0 aliphatic rings. The summed E-state index contributed by atoms with van der Waals surface area (Å²) in [7, 11) is 0. The highest BCUT2D eigenvalue weighted by Gasteiger charge is 2.09. The molecule has 0 bridgehead atoms. The van der Waals surface area contributed by atoms with Crippen LogP contribution in [0.15, 0.2) is 36.7 Å². The molecule has 2 aromatic rings. The molecule has 1 heterocycles. The molecule has 0 radical (unpaired) electrons. The highest BCUT2D eigenvalue weighted by atomic mass is 19.1. The maximum absolute atomic E-state index is 14.1. The van der Waals surface area contributed by atoms with Crippen molar-refractivity contribution in [3.8, 4) is 17.1 Å². The van der Waals surface area contributed by atoms with Gasteiger partial charge in [-0.05, 0) is 55.0 Å². The van der Waals surface area contributed by atoms with Gasteiger partial charge in [0.25, 0.3) is 0 Å². The highest BCUT2D eigenvalue weighted by molar-refractivity contribution is 5.55. The Kier molecular flexibility index (Phi) is 14.5. The molecule has 1 aromatic heterocycles. The number of alkyl halides is 1. The van der Waals surface area contributed by atoms with E-state index >= 15 is 0 Å². The summed E-state index contributed by atoms with van der Waals surface area (Å²) >= 11 is 0. The Labute approximate surface area is 208 Å². The molecule has 1 aromatic carbocycles. The van der Waals surface area contributed by atoms with Gasteiger partial charge in [0.05, 0.1) is 6.61 Å². The van der Waals surface area contributed by atoms with Crippen LogP contribution in [0.3, 0.4) is 0 Å². The molecule has 4 heteroatoms. The van der Waals surface area contributed by atoms with E-state index in [0.717, 1.165) is 36.4 Å². The van der Waals surface area contributed by atoms with Crippen LogP contribution < -0.4 is 4.74 Å². The van der Waals surface area contributed by atoms with Gasteiger partial charge in [-0.2, -0.15) is 0 Å². The zero-order valence-electron chi connectivity index (χ0n) is 21.9. The predicted octanol–water partition coefficient (Wildman–Crippen LogP) is 9.15. The number of aromatic nitrogens is 2. The fourth-order valence-corrected chi connectivity index (χ4v) is 4.14. The minimum absolute atomic E-state index is 0.410. The first-order valence-electron chi connectivity index (χ1n) is 13.8. The number of unbranched alkanes of at least 4 members (excludes halogenated alkanes) is 7. The summed E-state index contributed by atoms with van der Waals surface area (Å²) in [5.74, 6) is 2.19. The van der Waals surface area contributed by atoms with Crippen molar-refractivity contribution in [3.63, 3.8) is 0 Å². The summed E-state index contributed by atoms with van der Waals surface area (Å²) in [5.41, 5.74) is 2.18. The number of rotatable bonds is 19. The molecule has 3 nitrogen and oxygen atoms in total. The molecule has 190 valence electrons. The van der Waals surface area contributed by atoms with E-state index in [1.165, 1.54) is 63.4 Å². The molecule has 0 aliphatic heterocycles. The van der Waals surface area contributed by atoms with Crippen LogP contribution in [-0.2, 0) is 6.42 Å². The predicted molar refractivity (Wildman–Crippen MR) is 142 cm³/mol. The number of hydrogen-bond acceptors (Lipinski definition) is 3. The van der Waals surface area contributed by atoms with Gasteiger partial charge in [-0.1, -0.05) is 85.0 Å². The number of benzene rings is 1. The first-order chi connectivity index (χ1) is 16.6. The number of halogens is 1. The molecule has 0 N–H and O–H groups in total. The molecule has 2 atom stereocenters. The van der Waals surface area contributed by atoms with Crippen LogP contribution in [0.2, 0.25) is 0 Å². The van der Waals surface area contributed by atoms with Crippen molar-refractivity contribution in [2.24, 2.45) is 5.92 Å². The lowest BCUT2D eigenvalue weighted by Crippen LogP contribution is -2.08. The zero-order valence-corrected chi connectivity index (χ0v) is 21.9. The Morgan fingerprint density at radius 3 is 2.09 bits per heavy atom. The van der Waals surface area contributed by atoms with Crippen LogP contribution in [0.5, 0.6) is 5.75 Å². The van der Waals surface area contributed by atoms with Crippen molar-refractivity contribution in [3.05, 3.63) is 42.2 Å². The second-order valence-electron chi connectivity index (χ2n) is 9.84.